The molecule has 0 aliphatic carbocycles. The molecule has 0 saturated carbocycles. The number of hydrogen-bond donors (Lipinski definition) is 1. The van der Waals surface area contributed by atoms with Crippen LogP contribution >= 0.6 is 0 Å². The van der Waals surface area contributed by atoms with E-state index in [0.29, 0.717) is 25.5 Å². The number of amides is 1. The Balaban J connectivity index is 1.76. The van der Waals surface area contributed by atoms with Crippen LogP contribution in [0.5, 0.6) is 0 Å². The number of carbonyl (C=O) groups excluding carboxylic acids is 1. The minimum atomic E-state index is -0.436. The van der Waals surface area contributed by atoms with E-state index >= 15 is 0 Å². The van der Waals surface area contributed by atoms with Gasteiger partial charge in [-0.1, -0.05) is 0 Å². The Hall–Kier alpha value is -2.12. The fourth-order valence-corrected chi connectivity index (χ4v) is 2.96. The van der Waals surface area contributed by atoms with E-state index < -0.39 is 11.4 Å². The molecule has 0 bridgehead atoms. The molecule has 1 amide bonds. The summed E-state index contributed by atoms with van der Waals surface area (Å²) >= 11 is 0. The van der Waals surface area contributed by atoms with Crippen molar-refractivity contribution in [3.05, 3.63) is 12.0 Å². The molecule has 1 N–H and O–H groups in total. The van der Waals surface area contributed by atoms with Gasteiger partial charge in [0, 0.05) is 33.6 Å². The van der Waals surface area contributed by atoms with Crippen molar-refractivity contribution in [3.8, 4) is 0 Å². The van der Waals surface area contributed by atoms with Crippen molar-refractivity contribution < 1.29 is 13.9 Å². The van der Waals surface area contributed by atoms with Crippen LogP contribution in [0.15, 0.2) is 6.20 Å². The van der Waals surface area contributed by atoms with Gasteiger partial charge in [-0.05, 0) is 12.8 Å². The Bertz CT molecular complexity index is 582. The highest BCUT2D eigenvalue weighted by Gasteiger charge is 2.41. The second kappa shape index (κ2) is 5.58. The first-order valence-electron chi connectivity index (χ1n) is 7.41. The number of nitrogens with one attached hydrogen (secondary N) is 1. The molecule has 22 heavy (non-hydrogen) atoms. The maximum atomic E-state index is 13.7. The first-order valence-corrected chi connectivity index (χ1v) is 7.41. The van der Waals surface area contributed by atoms with E-state index in [0.717, 1.165) is 19.4 Å². The Labute approximate surface area is 128 Å². The van der Waals surface area contributed by atoms with Gasteiger partial charge in [0.25, 0.3) is 0 Å². The standard InChI is InChI=1S/C14H20FN5O2/c1-19(2)11-10(15)8-16-12(18-11)20-6-3-4-14(5-7-20)9-17-13(21)22-14/h8H,3-7,9H2,1-2H3,(H,17,21). The van der Waals surface area contributed by atoms with Crippen LogP contribution in [-0.2, 0) is 4.74 Å². The summed E-state index contributed by atoms with van der Waals surface area (Å²) < 4.78 is 19.1. The second-order valence-electron chi connectivity index (χ2n) is 6.00. The molecule has 1 atom stereocenters. The Kier molecular flexibility index (Phi) is 3.76. The van der Waals surface area contributed by atoms with E-state index in [1.165, 1.54) is 6.20 Å². The zero-order chi connectivity index (χ0) is 15.7. The van der Waals surface area contributed by atoms with Gasteiger partial charge in [-0.25, -0.2) is 14.2 Å². The number of hydrogen-bond acceptors (Lipinski definition) is 6. The Morgan fingerprint density at radius 3 is 2.91 bits per heavy atom. The van der Waals surface area contributed by atoms with Gasteiger partial charge in [-0.2, -0.15) is 4.98 Å². The van der Waals surface area contributed by atoms with E-state index in [1.807, 2.05) is 4.90 Å². The topological polar surface area (TPSA) is 70.6 Å². The normalized spacial score (nSPS) is 24.9. The van der Waals surface area contributed by atoms with Crippen LogP contribution in [0.25, 0.3) is 0 Å². The maximum Gasteiger partial charge on any atom is 0.407 e. The fourth-order valence-electron chi connectivity index (χ4n) is 2.96. The zero-order valence-electron chi connectivity index (χ0n) is 12.8. The molecule has 7 nitrogen and oxygen atoms in total. The minimum Gasteiger partial charge on any atom is -0.441 e. The van der Waals surface area contributed by atoms with E-state index in [2.05, 4.69) is 15.3 Å². The lowest BCUT2D eigenvalue weighted by Crippen LogP contribution is -2.35. The smallest absolute Gasteiger partial charge is 0.407 e. The Morgan fingerprint density at radius 2 is 2.23 bits per heavy atom. The summed E-state index contributed by atoms with van der Waals surface area (Å²) in [7, 11) is 3.49. The molecule has 0 radical (unpaired) electrons. The van der Waals surface area contributed by atoms with E-state index in [9.17, 15) is 9.18 Å². The van der Waals surface area contributed by atoms with E-state index in [-0.39, 0.29) is 11.9 Å². The van der Waals surface area contributed by atoms with Gasteiger partial charge in [0.2, 0.25) is 5.95 Å². The first-order chi connectivity index (χ1) is 10.5. The third-order valence-corrected chi connectivity index (χ3v) is 4.18. The van der Waals surface area contributed by atoms with Crippen molar-refractivity contribution in [1.82, 2.24) is 15.3 Å². The molecular weight excluding hydrogens is 289 g/mol. The SMILES string of the molecule is CN(C)c1nc(N2CCCC3(CC2)CNC(=O)O3)ncc1F. The van der Waals surface area contributed by atoms with Crippen molar-refractivity contribution in [2.75, 3.05) is 43.5 Å². The van der Waals surface area contributed by atoms with Gasteiger partial charge in [0.1, 0.15) is 5.60 Å². The van der Waals surface area contributed by atoms with Crippen molar-refractivity contribution in [2.45, 2.75) is 24.9 Å². The summed E-state index contributed by atoms with van der Waals surface area (Å²) in [5.74, 6) is 0.353. The predicted octanol–water partition coefficient (Wildman–Crippen LogP) is 1.15. The average Bonchev–Trinajstić information content (AvgIpc) is 2.72. The van der Waals surface area contributed by atoms with Crippen molar-refractivity contribution in [1.29, 1.82) is 0 Å². The first kappa shape index (κ1) is 14.8. The molecule has 2 fully saturated rings. The summed E-state index contributed by atoms with van der Waals surface area (Å²) in [6, 6.07) is 0. The highest BCUT2D eigenvalue weighted by atomic mass is 19.1. The lowest BCUT2D eigenvalue weighted by molar-refractivity contribution is 0.0473. The van der Waals surface area contributed by atoms with Crippen LogP contribution < -0.4 is 15.1 Å². The summed E-state index contributed by atoms with van der Waals surface area (Å²) in [6.45, 7) is 1.98. The molecule has 8 heteroatoms. The summed E-state index contributed by atoms with van der Waals surface area (Å²) in [5.41, 5.74) is -0.420. The van der Waals surface area contributed by atoms with Crippen molar-refractivity contribution in [2.24, 2.45) is 0 Å². The van der Waals surface area contributed by atoms with Crippen LogP contribution in [0.1, 0.15) is 19.3 Å². The van der Waals surface area contributed by atoms with Gasteiger partial charge >= 0.3 is 6.09 Å². The summed E-state index contributed by atoms with van der Waals surface area (Å²) in [4.78, 5) is 23.4. The molecule has 1 unspecified atom stereocenters. The predicted molar refractivity (Wildman–Crippen MR) is 79.6 cm³/mol. The van der Waals surface area contributed by atoms with Gasteiger partial charge in [-0.15, -0.1) is 0 Å². The number of halogens is 1. The molecule has 3 rings (SSSR count). The van der Waals surface area contributed by atoms with Crippen molar-refractivity contribution >= 4 is 17.9 Å². The zero-order valence-corrected chi connectivity index (χ0v) is 12.8. The third-order valence-electron chi connectivity index (χ3n) is 4.18. The second-order valence-corrected chi connectivity index (χ2v) is 6.00. The van der Waals surface area contributed by atoms with E-state index in [4.69, 9.17) is 4.74 Å². The third kappa shape index (κ3) is 2.77. The van der Waals surface area contributed by atoms with Crippen LogP contribution in [0.3, 0.4) is 0 Å². The number of ether oxygens (including phenoxy) is 1. The molecular formula is C14H20FN5O2. The largest absolute Gasteiger partial charge is 0.441 e. The molecule has 2 aliphatic rings. The van der Waals surface area contributed by atoms with Gasteiger partial charge in [0.05, 0.1) is 12.7 Å². The Morgan fingerprint density at radius 1 is 1.41 bits per heavy atom. The number of aromatic nitrogens is 2. The van der Waals surface area contributed by atoms with Crippen molar-refractivity contribution in [3.63, 3.8) is 0 Å². The maximum absolute atomic E-state index is 13.7. The van der Waals surface area contributed by atoms with Crippen LogP contribution in [0.2, 0.25) is 0 Å². The molecule has 2 aliphatic heterocycles. The molecule has 1 aromatic heterocycles. The number of alkyl carbamates (subject to hydrolysis) is 1. The summed E-state index contributed by atoms with van der Waals surface area (Å²) in [6.07, 6.45) is 3.25. The highest BCUT2D eigenvalue weighted by molar-refractivity contribution is 5.70. The van der Waals surface area contributed by atoms with Crippen LogP contribution in [-0.4, -0.2) is 55.4 Å². The molecule has 2 saturated heterocycles. The van der Waals surface area contributed by atoms with Crippen LogP contribution in [0.4, 0.5) is 21.0 Å². The van der Waals surface area contributed by atoms with Crippen LogP contribution in [0, 0.1) is 5.82 Å². The molecule has 1 spiro atoms. The molecule has 1 aromatic rings. The number of carbonyl (C=O) groups is 1. The number of nitrogens with zero attached hydrogens (tertiary/aromatic N) is 4. The molecule has 3 heterocycles. The average molecular weight is 309 g/mol. The molecule has 0 aromatic carbocycles. The number of rotatable bonds is 2. The van der Waals surface area contributed by atoms with Gasteiger partial charge in [-0.3, -0.25) is 0 Å². The lowest BCUT2D eigenvalue weighted by Gasteiger charge is -2.25. The molecule has 120 valence electrons. The highest BCUT2D eigenvalue weighted by Crippen LogP contribution is 2.30. The fraction of sp³-hybridized carbons (Fsp3) is 0.643. The van der Waals surface area contributed by atoms with Gasteiger partial charge in [0.15, 0.2) is 11.6 Å². The monoisotopic (exact) mass is 309 g/mol. The quantitative estimate of drug-likeness (QED) is 0.884. The number of anilines is 2. The lowest BCUT2D eigenvalue weighted by atomic mass is 9.95. The minimum absolute atomic E-state index is 0.276. The summed E-state index contributed by atoms with van der Waals surface area (Å²) in [5, 5.41) is 2.73. The van der Waals surface area contributed by atoms with E-state index in [1.54, 1.807) is 19.0 Å². The van der Waals surface area contributed by atoms with Gasteiger partial charge < -0.3 is 19.9 Å².